The maximum Gasteiger partial charge on any atom is 0.240 e. The van der Waals surface area contributed by atoms with Crippen molar-refractivity contribution in [2.24, 2.45) is 0 Å². The molecule has 1 heterocycles. The number of hydrogen-bond donors (Lipinski definition) is 2. The Morgan fingerprint density at radius 3 is 2.52 bits per heavy atom. The van der Waals surface area contributed by atoms with Crippen LogP contribution in [-0.2, 0) is 16.0 Å². The summed E-state index contributed by atoms with van der Waals surface area (Å²) in [6.07, 6.45) is 3.50. The van der Waals surface area contributed by atoms with Crippen molar-refractivity contribution < 1.29 is 24.2 Å². The molecule has 29 heavy (non-hydrogen) atoms. The molecule has 7 heteroatoms. The molecule has 0 bridgehead atoms. The molecule has 0 fully saturated rings. The first-order valence-electron chi connectivity index (χ1n) is 9.23. The van der Waals surface area contributed by atoms with Gasteiger partial charge < -0.3 is 24.8 Å². The van der Waals surface area contributed by atoms with Gasteiger partial charge in [-0.05, 0) is 34.9 Å². The average Bonchev–Trinajstić information content (AvgIpc) is 2.89. The lowest BCUT2D eigenvalue weighted by atomic mass is 10.0. The number of hydrogen-bond acceptors (Lipinski definition) is 5. The number of ether oxygens (including phenoxy) is 2. The minimum atomic E-state index is -0.527. The van der Waals surface area contributed by atoms with E-state index in [4.69, 9.17) is 9.47 Å². The Labute approximate surface area is 169 Å². The number of amides is 2. The molecule has 1 aliphatic rings. The molecule has 1 aliphatic heterocycles. The Bertz CT molecular complexity index is 911. The molecule has 0 radical (unpaired) electrons. The number of methoxy groups -OCH3 is 2. The van der Waals surface area contributed by atoms with Crippen molar-refractivity contribution >= 4 is 17.9 Å². The summed E-state index contributed by atoms with van der Waals surface area (Å²) in [7, 11) is 3.09. The van der Waals surface area contributed by atoms with Crippen molar-refractivity contribution in [1.29, 1.82) is 0 Å². The number of benzene rings is 2. The average molecular weight is 396 g/mol. The van der Waals surface area contributed by atoms with Crippen LogP contribution in [-0.4, -0.2) is 49.2 Å². The van der Waals surface area contributed by atoms with E-state index in [1.807, 2.05) is 30.3 Å². The van der Waals surface area contributed by atoms with E-state index < -0.39 is 6.04 Å². The van der Waals surface area contributed by atoms with Gasteiger partial charge in [0.1, 0.15) is 6.54 Å². The van der Waals surface area contributed by atoms with Crippen LogP contribution >= 0.6 is 0 Å². The van der Waals surface area contributed by atoms with E-state index >= 15 is 0 Å². The number of nitrogens with zero attached hydrogens (tertiary/aromatic N) is 1. The van der Waals surface area contributed by atoms with E-state index in [0.29, 0.717) is 11.5 Å². The van der Waals surface area contributed by atoms with Gasteiger partial charge in [-0.1, -0.05) is 30.3 Å². The maximum absolute atomic E-state index is 12.7. The molecule has 2 aromatic carbocycles. The molecule has 0 aliphatic carbocycles. The smallest absolute Gasteiger partial charge is 0.240 e. The summed E-state index contributed by atoms with van der Waals surface area (Å²) in [5.41, 5.74) is 2.42. The third kappa shape index (κ3) is 4.75. The predicted molar refractivity (Wildman–Crippen MR) is 108 cm³/mol. The first-order valence-corrected chi connectivity index (χ1v) is 9.23. The van der Waals surface area contributed by atoms with E-state index in [0.717, 1.165) is 16.7 Å². The molecular weight excluding hydrogens is 372 g/mol. The summed E-state index contributed by atoms with van der Waals surface area (Å²) in [4.78, 5) is 26.5. The lowest BCUT2D eigenvalue weighted by Crippen LogP contribution is -2.40. The van der Waals surface area contributed by atoms with Crippen LogP contribution in [0.15, 0.2) is 48.7 Å². The third-order valence-electron chi connectivity index (χ3n) is 4.78. The Morgan fingerprint density at radius 1 is 1.17 bits per heavy atom. The second kappa shape index (κ2) is 9.25. The molecule has 0 saturated heterocycles. The maximum atomic E-state index is 12.7. The summed E-state index contributed by atoms with van der Waals surface area (Å²) < 4.78 is 10.6. The van der Waals surface area contributed by atoms with Crippen LogP contribution in [0.2, 0.25) is 0 Å². The number of rotatable bonds is 7. The van der Waals surface area contributed by atoms with Gasteiger partial charge in [0.15, 0.2) is 11.5 Å². The fourth-order valence-electron chi connectivity index (χ4n) is 3.22. The highest BCUT2D eigenvalue weighted by Gasteiger charge is 2.22. The normalized spacial score (nSPS) is 14.0. The predicted octanol–water partition coefficient (Wildman–Crippen LogP) is 1.91. The Kier molecular flexibility index (Phi) is 6.51. The van der Waals surface area contributed by atoms with E-state index in [9.17, 15) is 14.7 Å². The summed E-state index contributed by atoms with van der Waals surface area (Å²) in [6, 6.07) is 12.2. The standard InChI is InChI=1S/C22H24N2O5/c1-28-19-10-16-8-9-24(22(27)12-17(16)11-20(19)29-2)13-21(26)23-18(14-25)15-6-4-3-5-7-15/h3-11,18,25H,12-14H2,1-2H3,(H,23,26). The molecule has 0 aromatic heterocycles. The second-order valence-corrected chi connectivity index (χ2v) is 6.63. The van der Waals surface area contributed by atoms with Crippen molar-refractivity contribution in [2.75, 3.05) is 27.4 Å². The number of aliphatic hydroxyl groups is 1. The largest absolute Gasteiger partial charge is 0.493 e. The number of nitrogens with one attached hydrogen (secondary N) is 1. The van der Waals surface area contributed by atoms with Crippen molar-refractivity contribution in [1.82, 2.24) is 10.2 Å². The monoisotopic (exact) mass is 396 g/mol. The van der Waals surface area contributed by atoms with Gasteiger partial charge in [0.05, 0.1) is 33.3 Å². The third-order valence-corrected chi connectivity index (χ3v) is 4.78. The molecular formula is C22H24N2O5. The van der Waals surface area contributed by atoms with Crippen LogP contribution in [0.1, 0.15) is 22.7 Å². The second-order valence-electron chi connectivity index (χ2n) is 6.63. The van der Waals surface area contributed by atoms with Crippen LogP contribution in [0, 0.1) is 0 Å². The van der Waals surface area contributed by atoms with Gasteiger partial charge >= 0.3 is 0 Å². The fraction of sp³-hybridized carbons (Fsp3) is 0.273. The highest BCUT2D eigenvalue weighted by atomic mass is 16.5. The molecule has 1 atom stereocenters. The molecule has 0 spiro atoms. The van der Waals surface area contributed by atoms with Gasteiger partial charge in [-0.15, -0.1) is 0 Å². The molecule has 2 amide bonds. The van der Waals surface area contributed by atoms with Crippen LogP contribution in [0.3, 0.4) is 0 Å². The topological polar surface area (TPSA) is 88.1 Å². The zero-order valence-electron chi connectivity index (χ0n) is 16.4. The van der Waals surface area contributed by atoms with Crippen LogP contribution in [0.5, 0.6) is 11.5 Å². The summed E-state index contributed by atoms with van der Waals surface area (Å²) in [6.45, 7) is -0.370. The first-order chi connectivity index (χ1) is 14.0. The SMILES string of the molecule is COc1cc2c(cc1OC)CC(=O)N(CC(=O)NC(CO)c1ccccc1)C=C2. The first kappa shape index (κ1) is 20.4. The van der Waals surface area contributed by atoms with Gasteiger partial charge in [-0.25, -0.2) is 0 Å². The summed E-state index contributed by atoms with van der Waals surface area (Å²) in [5, 5.41) is 12.4. The van der Waals surface area contributed by atoms with E-state index in [-0.39, 0.29) is 31.4 Å². The molecule has 1 unspecified atom stereocenters. The van der Waals surface area contributed by atoms with E-state index in [1.165, 1.54) is 4.90 Å². The number of carbonyl (C=O) groups excluding carboxylic acids is 2. The zero-order chi connectivity index (χ0) is 20.8. The number of fused-ring (bicyclic) bond motifs is 1. The Morgan fingerprint density at radius 2 is 1.86 bits per heavy atom. The van der Waals surface area contributed by atoms with E-state index in [1.54, 1.807) is 38.6 Å². The minimum Gasteiger partial charge on any atom is -0.493 e. The van der Waals surface area contributed by atoms with Crippen molar-refractivity contribution in [3.8, 4) is 11.5 Å². The Hall–Kier alpha value is -3.32. The molecule has 2 N–H and O–H groups in total. The molecule has 152 valence electrons. The summed E-state index contributed by atoms with van der Waals surface area (Å²) >= 11 is 0. The van der Waals surface area contributed by atoms with Crippen LogP contribution in [0.4, 0.5) is 0 Å². The summed E-state index contributed by atoms with van der Waals surface area (Å²) in [5.74, 6) is 0.560. The zero-order valence-corrected chi connectivity index (χ0v) is 16.4. The van der Waals surface area contributed by atoms with Crippen molar-refractivity contribution in [3.05, 3.63) is 65.4 Å². The van der Waals surface area contributed by atoms with Crippen molar-refractivity contribution in [3.63, 3.8) is 0 Å². The number of carbonyl (C=O) groups is 2. The van der Waals surface area contributed by atoms with E-state index in [2.05, 4.69) is 5.32 Å². The Balaban J connectivity index is 1.72. The molecule has 3 rings (SSSR count). The van der Waals surface area contributed by atoms with Gasteiger partial charge in [0, 0.05) is 6.20 Å². The van der Waals surface area contributed by atoms with Crippen LogP contribution < -0.4 is 14.8 Å². The fourth-order valence-corrected chi connectivity index (χ4v) is 3.22. The highest BCUT2D eigenvalue weighted by Crippen LogP contribution is 2.32. The lowest BCUT2D eigenvalue weighted by molar-refractivity contribution is -0.133. The highest BCUT2D eigenvalue weighted by molar-refractivity contribution is 5.89. The van der Waals surface area contributed by atoms with Crippen LogP contribution in [0.25, 0.3) is 6.08 Å². The van der Waals surface area contributed by atoms with Crippen molar-refractivity contribution in [2.45, 2.75) is 12.5 Å². The number of aliphatic hydroxyl groups excluding tert-OH is 1. The van der Waals surface area contributed by atoms with Gasteiger partial charge in [0.2, 0.25) is 11.8 Å². The quantitative estimate of drug-likeness (QED) is 0.747. The van der Waals surface area contributed by atoms with Gasteiger partial charge in [-0.3, -0.25) is 9.59 Å². The lowest BCUT2D eigenvalue weighted by Gasteiger charge is -2.20. The molecule has 0 saturated carbocycles. The van der Waals surface area contributed by atoms with Gasteiger partial charge in [0.25, 0.3) is 0 Å². The van der Waals surface area contributed by atoms with Gasteiger partial charge in [-0.2, -0.15) is 0 Å². The molecule has 7 nitrogen and oxygen atoms in total. The minimum absolute atomic E-state index is 0.137. The molecule has 2 aromatic rings.